The van der Waals surface area contributed by atoms with Gasteiger partial charge in [-0.2, -0.15) is 0 Å². The SMILES string of the molecule is CS(=O)CCNCc1cccc2ccccc12. The van der Waals surface area contributed by atoms with Crippen molar-refractivity contribution in [2.75, 3.05) is 18.6 Å². The van der Waals surface area contributed by atoms with Crippen LogP contribution in [0.5, 0.6) is 0 Å². The molecule has 0 bridgehead atoms. The molecular weight excluding hydrogens is 230 g/mol. The van der Waals surface area contributed by atoms with Gasteiger partial charge in [0, 0.05) is 35.9 Å². The smallest absolute Gasteiger partial charge is 0.0357 e. The monoisotopic (exact) mass is 247 g/mol. The second-order valence-corrected chi connectivity index (χ2v) is 5.65. The van der Waals surface area contributed by atoms with Gasteiger partial charge in [-0.05, 0) is 16.3 Å². The molecular formula is C14H17NOS. The predicted molar refractivity (Wildman–Crippen MR) is 74.6 cm³/mol. The summed E-state index contributed by atoms with van der Waals surface area (Å²) in [6.45, 7) is 1.63. The summed E-state index contributed by atoms with van der Waals surface area (Å²) in [5.74, 6) is 0.713. The van der Waals surface area contributed by atoms with Crippen molar-refractivity contribution in [3.05, 3.63) is 48.0 Å². The van der Waals surface area contributed by atoms with E-state index in [4.69, 9.17) is 0 Å². The van der Waals surface area contributed by atoms with Crippen molar-refractivity contribution in [2.24, 2.45) is 0 Å². The summed E-state index contributed by atoms with van der Waals surface area (Å²) in [7, 11) is -0.713. The fraction of sp³-hybridized carbons (Fsp3) is 0.286. The predicted octanol–water partition coefficient (Wildman–Crippen LogP) is 2.31. The molecule has 90 valence electrons. The van der Waals surface area contributed by atoms with Crippen LogP contribution in [0, 0.1) is 0 Å². The van der Waals surface area contributed by atoms with Gasteiger partial charge in [-0.15, -0.1) is 0 Å². The number of hydrogen-bond donors (Lipinski definition) is 1. The Morgan fingerprint density at radius 3 is 2.71 bits per heavy atom. The maximum absolute atomic E-state index is 10.9. The van der Waals surface area contributed by atoms with Gasteiger partial charge in [0.25, 0.3) is 0 Å². The van der Waals surface area contributed by atoms with Gasteiger partial charge in [-0.25, -0.2) is 0 Å². The van der Waals surface area contributed by atoms with E-state index in [0.29, 0.717) is 5.75 Å². The molecule has 2 nitrogen and oxygen atoms in total. The highest BCUT2D eigenvalue weighted by Gasteiger charge is 1.99. The molecule has 0 heterocycles. The molecule has 0 aliphatic carbocycles. The number of rotatable bonds is 5. The zero-order chi connectivity index (χ0) is 12.1. The topological polar surface area (TPSA) is 29.1 Å². The lowest BCUT2D eigenvalue weighted by Crippen LogP contribution is -2.19. The van der Waals surface area contributed by atoms with Crippen LogP contribution in [0.15, 0.2) is 42.5 Å². The van der Waals surface area contributed by atoms with Crippen LogP contribution in [0.25, 0.3) is 10.8 Å². The van der Waals surface area contributed by atoms with E-state index in [2.05, 4.69) is 47.8 Å². The van der Waals surface area contributed by atoms with E-state index in [1.165, 1.54) is 16.3 Å². The lowest BCUT2D eigenvalue weighted by Gasteiger charge is -2.07. The Balaban J connectivity index is 2.05. The Kier molecular flexibility index (Phi) is 4.29. The molecule has 0 spiro atoms. The van der Waals surface area contributed by atoms with Gasteiger partial charge in [0.2, 0.25) is 0 Å². The summed E-state index contributed by atoms with van der Waals surface area (Å²) >= 11 is 0. The molecule has 0 saturated heterocycles. The molecule has 0 aliphatic rings. The molecule has 0 fully saturated rings. The van der Waals surface area contributed by atoms with Crippen LogP contribution in [-0.4, -0.2) is 22.8 Å². The Morgan fingerprint density at radius 2 is 1.88 bits per heavy atom. The molecule has 1 unspecified atom stereocenters. The average molecular weight is 247 g/mol. The van der Waals surface area contributed by atoms with E-state index in [9.17, 15) is 4.21 Å². The highest BCUT2D eigenvalue weighted by Crippen LogP contribution is 2.17. The zero-order valence-corrected chi connectivity index (χ0v) is 10.8. The van der Waals surface area contributed by atoms with Crippen LogP contribution in [0.1, 0.15) is 5.56 Å². The van der Waals surface area contributed by atoms with Gasteiger partial charge in [0.15, 0.2) is 0 Å². The fourth-order valence-electron chi connectivity index (χ4n) is 1.89. The van der Waals surface area contributed by atoms with E-state index in [-0.39, 0.29) is 0 Å². The van der Waals surface area contributed by atoms with Crippen LogP contribution in [0.3, 0.4) is 0 Å². The van der Waals surface area contributed by atoms with Gasteiger partial charge >= 0.3 is 0 Å². The van der Waals surface area contributed by atoms with Crippen LogP contribution < -0.4 is 5.32 Å². The molecule has 0 aromatic heterocycles. The Labute approximate surface area is 104 Å². The third-order valence-corrected chi connectivity index (χ3v) is 3.54. The fourth-order valence-corrected chi connectivity index (χ4v) is 2.32. The van der Waals surface area contributed by atoms with Crippen molar-refractivity contribution in [3.63, 3.8) is 0 Å². The van der Waals surface area contributed by atoms with Crippen molar-refractivity contribution < 1.29 is 4.21 Å². The molecule has 0 amide bonds. The van der Waals surface area contributed by atoms with Gasteiger partial charge in [-0.3, -0.25) is 4.21 Å². The molecule has 0 saturated carbocycles. The van der Waals surface area contributed by atoms with Gasteiger partial charge in [0.05, 0.1) is 0 Å². The quantitative estimate of drug-likeness (QED) is 0.822. The highest BCUT2D eigenvalue weighted by atomic mass is 32.2. The summed E-state index contributed by atoms with van der Waals surface area (Å²) in [6.07, 6.45) is 1.74. The Bertz CT molecular complexity index is 519. The van der Waals surface area contributed by atoms with Gasteiger partial charge in [-0.1, -0.05) is 42.5 Å². The lowest BCUT2D eigenvalue weighted by atomic mass is 10.0. The van der Waals surface area contributed by atoms with Crippen LogP contribution in [0.4, 0.5) is 0 Å². The van der Waals surface area contributed by atoms with Crippen molar-refractivity contribution in [1.29, 1.82) is 0 Å². The first kappa shape index (κ1) is 12.3. The maximum Gasteiger partial charge on any atom is 0.0357 e. The molecule has 2 aromatic carbocycles. The summed E-state index contributed by atoms with van der Waals surface area (Å²) in [6, 6.07) is 14.7. The largest absolute Gasteiger partial charge is 0.312 e. The van der Waals surface area contributed by atoms with Gasteiger partial charge < -0.3 is 5.32 Å². The first-order valence-electron chi connectivity index (χ1n) is 5.75. The summed E-state index contributed by atoms with van der Waals surface area (Å²) in [4.78, 5) is 0. The van der Waals surface area contributed by atoms with E-state index >= 15 is 0 Å². The first-order valence-corrected chi connectivity index (χ1v) is 7.47. The van der Waals surface area contributed by atoms with Gasteiger partial charge in [0.1, 0.15) is 0 Å². The minimum absolute atomic E-state index is 0.713. The molecule has 0 aliphatic heterocycles. The zero-order valence-electron chi connectivity index (χ0n) is 9.98. The van der Waals surface area contributed by atoms with Crippen LogP contribution in [-0.2, 0) is 17.3 Å². The summed E-state index contributed by atoms with van der Waals surface area (Å²) in [5, 5.41) is 5.89. The number of nitrogens with one attached hydrogen (secondary N) is 1. The maximum atomic E-state index is 10.9. The average Bonchev–Trinajstić information content (AvgIpc) is 2.34. The molecule has 2 rings (SSSR count). The van der Waals surface area contributed by atoms with E-state index < -0.39 is 10.8 Å². The van der Waals surface area contributed by atoms with Crippen LogP contribution >= 0.6 is 0 Å². The Hall–Kier alpha value is -1.19. The van der Waals surface area contributed by atoms with Crippen molar-refractivity contribution in [2.45, 2.75) is 6.54 Å². The van der Waals surface area contributed by atoms with E-state index in [1.807, 2.05) is 0 Å². The number of hydrogen-bond acceptors (Lipinski definition) is 2. The minimum atomic E-state index is -0.713. The van der Waals surface area contributed by atoms with E-state index in [1.54, 1.807) is 6.26 Å². The molecule has 1 N–H and O–H groups in total. The third kappa shape index (κ3) is 3.38. The highest BCUT2D eigenvalue weighted by molar-refractivity contribution is 7.84. The molecule has 1 atom stereocenters. The molecule has 17 heavy (non-hydrogen) atoms. The van der Waals surface area contributed by atoms with Crippen molar-refractivity contribution in [3.8, 4) is 0 Å². The second-order valence-electron chi connectivity index (χ2n) is 4.09. The minimum Gasteiger partial charge on any atom is -0.312 e. The molecule has 2 aromatic rings. The van der Waals surface area contributed by atoms with Crippen molar-refractivity contribution in [1.82, 2.24) is 5.32 Å². The Morgan fingerprint density at radius 1 is 1.12 bits per heavy atom. The van der Waals surface area contributed by atoms with E-state index in [0.717, 1.165) is 13.1 Å². The molecule has 0 radical (unpaired) electrons. The lowest BCUT2D eigenvalue weighted by molar-refractivity contribution is 0.677. The third-order valence-electron chi connectivity index (χ3n) is 2.76. The second kappa shape index (κ2) is 5.94. The number of fused-ring (bicyclic) bond motifs is 1. The summed E-state index contributed by atoms with van der Waals surface area (Å²) < 4.78 is 10.9. The first-order chi connectivity index (χ1) is 8.27. The summed E-state index contributed by atoms with van der Waals surface area (Å²) in [5.41, 5.74) is 1.30. The van der Waals surface area contributed by atoms with Crippen LogP contribution in [0.2, 0.25) is 0 Å². The standard InChI is InChI=1S/C14H17NOS/c1-17(16)10-9-15-11-13-7-4-6-12-5-2-3-8-14(12)13/h2-8,15H,9-11H2,1H3. The van der Waals surface area contributed by atoms with Crippen molar-refractivity contribution >= 4 is 21.6 Å². The normalized spacial score (nSPS) is 12.8. The number of benzene rings is 2. The molecule has 3 heteroatoms.